The first-order valence-corrected chi connectivity index (χ1v) is 31.3. The molecular formula is C72H72N16O6. The fourth-order valence-electron chi connectivity index (χ4n) is 12.0. The zero-order valence-corrected chi connectivity index (χ0v) is 52.5. The molecule has 0 radical (unpaired) electrons. The van der Waals surface area contributed by atoms with Gasteiger partial charge >= 0.3 is 0 Å². The van der Waals surface area contributed by atoms with E-state index in [2.05, 4.69) is 123 Å². The van der Waals surface area contributed by atoms with Crippen LogP contribution in [0.1, 0.15) is 105 Å². The topological polar surface area (TPSA) is 301 Å². The van der Waals surface area contributed by atoms with Gasteiger partial charge in [0.1, 0.15) is 11.6 Å². The molecule has 4 aromatic heterocycles. The van der Waals surface area contributed by atoms with E-state index < -0.39 is 23.9 Å². The fraction of sp³-hybridized carbons (Fsp3) is 0.222. The van der Waals surface area contributed by atoms with Crippen molar-refractivity contribution in [2.75, 3.05) is 0 Å². The highest BCUT2D eigenvalue weighted by atomic mass is 16.5. The summed E-state index contributed by atoms with van der Waals surface area (Å²) in [6, 6.07) is 58.4. The van der Waals surface area contributed by atoms with E-state index in [1.807, 2.05) is 147 Å². The summed E-state index contributed by atoms with van der Waals surface area (Å²) in [6.07, 6.45) is 4.20. The van der Waals surface area contributed by atoms with Gasteiger partial charge in [0.25, 0.3) is 11.8 Å². The summed E-state index contributed by atoms with van der Waals surface area (Å²) in [5.41, 5.74) is 19.7. The van der Waals surface area contributed by atoms with Crippen LogP contribution in [0.3, 0.4) is 0 Å². The number of tetrazole rings is 2. The molecule has 0 aliphatic carbocycles. The van der Waals surface area contributed by atoms with E-state index in [4.69, 9.17) is 20.4 Å². The first-order chi connectivity index (χ1) is 45.9. The molecule has 12 aromatic rings. The third-order valence-electron chi connectivity index (χ3n) is 16.4. The number of hydrogen-bond acceptors (Lipinski definition) is 14. The minimum absolute atomic E-state index is 0.0604. The van der Waals surface area contributed by atoms with E-state index in [0.29, 0.717) is 48.7 Å². The molecule has 0 spiro atoms. The number of rotatable bonds is 24. The summed E-state index contributed by atoms with van der Waals surface area (Å²) >= 11 is 0. The van der Waals surface area contributed by atoms with Gasteiger partial charge < -0.3 is 19.8 Å². The zero-order chi connectivity index (χ0) is 65.5. The largest absolute Gasteiger partial charge is 0.348 e. The number of aromatic nitrogens is 12. The molecule has 2 atom stereocenters. The molecule has 0 bridgehead atoms. The van der Waals surface area contributed by atoms with Gasteiger partial charge in [-0.05, 0) is 130 Å². The number of aromatic amines is 2. The van der Waals surface area contributed by atoms with Gasteiger partial charge in [0.2, 0.25) is 23.5 Å². The van der Waals surface area contributed by atoms with Crippen LogP contribution in [0.25, 0.3) is 67.1 Å². The van der Waals surface area contributed by atoms with Gasteiger partial charge in [-0.25, -0.2) is 20.9 Å². The van der Waals surface area contributed by atoms with Crippen molar-refractivity contribution in [3.63, 3.8) is 0 Å². The molecule has 22 heteroatoms. The van der Waals surface area contributed by atoms with Crippen LogP contribution in [0.5, 0.6) is 0 Å². The van der Waals surface area contributed by atoms with Crippen LogP contribution in [0, 0.1) is 13.8 Å². The van der Waals surface area contributed by atoms with Crippen molar-refractivity contribution in [2.45, 2.75) is 104 Å². The number of amides is 4. The first kappa shape index (κ1) is 64.2. The van der Waals surface area contributed by atoms with E-state index in [1.54, 1.807) is 11.0 Å². The zero-order valence-electron chi connectivity index (χ0n) is 52.5. The van der Waals surface area contributed by atoms with Crippen molar-refractivity contribution < 1.29 is 29.6 Å². The van der Waals surface area contributed by atoms with Crippen LogP contribution in [0.2, 0.25) is 0 Å². The lowest BCUT2D eigenvalue weighted by atomic mass is 9.98. The Morgan fingerprint density at radius 3 is 1.38 bits per heavy atom. The van der Waals surface area contributed by atoms with Crippen LogP contribution in [-0.4, -0.2) is 106 Å². The quantitative estimate of drug-likeness (QED) is 0.0206. The number of fused-ring (bicyclic) bond motifs is 2. The SMILES string of the molecule is CCCc1nc2c(C)cc(C(=O)N[C@@H](CC(=O)NO)Cc3ccccc3)cc2n1Cc1ccc(-c2ccccc2-c2nn[nH]n2)cc1.CCCc1nc2cc(C(=O)N[C@@H](CC(=O)NO)Cc3ccccc3)cc(C)c2n1Cc1ccc(-c2ccccc2-c2nn[nH]n2)cc1. The predicted molar refractivity (Wildman–Crippen MR) is 357 cm³/mol. The Labute approximate surface area is 542 Å². The second-order valence-corrected chi connectivity index (χ2v) is 23.2. The number of hydrogen-bond donors (Lipinski definition) is 8. The average Bonchev–Trinajstić information content (AvgIpc) is 1.62. The van der Waals surface area contributed by atoms with E-state index in [1.165, 1.54) is 0 Å². The molecule has 476 valence electrons. The van der Waals surface area contributed by atoms with Gasteiger partial charge in [-0.15, -0.1) is 20.4 Å². The number of imidazole rings is 2. The summed E-state index contributed by atoms with van der Waals surface area (Å²) in [5, 5.41) is 53.4. The highest BCUT2D eigenvalue weighted by Crippen LogP contribution is 2.33. The maximum Gasteiger partial charge on any atom is 0.251 e. The molecule has 4 amide bonds. The van der Waals surface area contributed by atoms with Gasteiger partial charge in [-0.3, -0.25) is 29.6 Å². The van der Waals surface area contributed by atoms with Gasteiger partial charge in [0.15, 0.2) is 0 Å². The highest BCUT2D eigenvalue weighted by molar-refractivity contribution is 6.00. The van der Waals surface area contributed by atoms with Crippen molar-refractivity contribution in [1.82, 2.24) is 81.9 Å². The third kappa shape index (κ3) is 15.3. The number of H-pyrrole nitrogens is 2. The third-order valence-corrected chi connectivity index (χ3v) is 16.4. The normalized spacial score (nSPS) is 11.8. The molecule has 0 saturated heterocycles. The van der Waals surface area contributed by atoms with Gasteiger partial charge in [0.05, 0.1) is 22.1 Å². The second kappa shape index (κ2) is 30.2. The lowest BCUT2D eigenvalue weighted by Gasteiger charge is -2.18. The first-order valence-electron chi connectivity index (χ1n) is 31.3. The van der Waals surface area contributed by atoms with E-state index in [-0.39, 0.29) is 24.7 Å². The second-order valence-electron chi connectivity index (χ2n) is 23.2. The smallest absolute Gasteiger partial charge is 0.251 e. The Morgan fingerprint density at radius 2 is 0.926 bits per heavy atom. The summed E-state index contributed by atoms with van der Waals surface area (Å²) in [7, 11) is 0. The number of benzene rings is 8. The lowest BCUT2D eigenvalue weighted by molar-refractivity contribution is -0.130. The molecule has 0 aliphatic heterocycles. The monoisotopic (exact) mass is 1260 g/mol. The number of carbonyl (C=O) groups excluding carboxylic acids is 4. The molecule has 94 heavy (non-hydrogen) atoms. The Kier molecular flexibility index (Phi) is 20.6. The Hall–Kier alpha value is -11.4. The molecule has 8 aromatic carbocycles. The van der Waals surface area contributed by atoms with Gasteiger partial charge in [0, 0.05) is 73.1 Å². The van der Waals surface area contributed by atoms with Crippen molar-refractivity contribution >= 4 is 45.7 Å². The van der Waals surface area contributed by atoms with Crippen molar-refractivity contribution in [1.29, 1.82) is 0 Å². The predicted octanol–water partition coefficient (Wildman–Crippen LogP) is 10.9. The fourth-order valence-corrected chi connectivity index (χ4v) is 12.0. The minimum atomic E-state index is -0.565. The number of nitrogens with one attached hydrogen (secondary N) is 6. The number of hydroxylamine groups is 2. The van der Waals surface area contributed by atoms with E-state index in [9.17, 15) is 19.2 Å². The van der Waals surface area contributed by atoms with Crippen LogP contribution >= 0.6 is 0 Å². The lowest BCUT2D eigenvalue weighted by Crippen LogP contribution is -2.40. The van der Waals surface area contributed by atoms with Crippen molar-refractivity contribution in [3.8, 4) is 45.0 Å². The molecule has 4 heterocycles. The maximum atomic E-state index is 13.6. The Bertz CT molecular complexity index is 4550. The molecular weight excluding hydrogens is 1180 g/mol. The van der Waals surface area contributed by atoms with Crippen LogP contribution in [0.4, 0.5) is 0 Å². The Morgan fingerprint density at radius 1 is 0.489 bits per heavy atom. The molecule has 12 rings (SSSR count). The van der Waals surface area contributed by atoms with E-state index >= 15 is 0 Å². The van der Waals surface area contributed by atoms with Gasteiger partial charge in [-0.1, -0.05) is 172 Å². The summed E-state index contributed by atoms with van der Waals surface area (Å²) in [4.78, 5) is 61.3. The van der Waals surface area contributed by atoms with Crippen molar-refractivity contribution in [2.24, 2.45) is 0 Å². The number of aryl methyl sites for hydroxylation is 4. The molecule has 0 unspecified atom stereocenters. The van der Waals surface area contributed by atoms with Crippen LogP contribution < -0.4 is 21.6 Å². The summed E-state index contributed by atoms with van der Waals surface area (Å²) < 4.78 is 4.42. The van der Waals surface area contributed by atoms with E-state index in [0.717, 1.165) is 126 Å². The van der Waals surface area contributed by atoms with Crippen LogP contribution in [0.15, 0.2) is 182 Å². The maximum absolute atomic E-state index is 13.6. The molecule has 22 nitrogen and oxygen atoms in total. The number of nitrogens with zero attached hydrogens (tertiary/aromatic N) is 10. The Balaban J connectivity index is 0.000000192. The summed E-state index contributed by atoms with van der Waals surface area (Å²) in [6.45, 7) is 9.41. The summed E-state index contributed by atoms with van der Waals surface area (Å²) in [5.74, 6) is 1.27. The van der Waals surface area contributed by atoms with Gasteiger partial charge in [-0.2, -0.15) is 10.4 Å². The molecule has 8 N–H and O–H groups in total. The highest BCUT2D eigenvalue weighted by Gasteiger charge is 2.24. The van der Waals surface area contributed by atoms with Crippen molar-refractivity contribution in [3.05, 3.63) is 238 Å². The number of carbonyl (C=O) groups is 4. The minimum Gasteiger partial charge on any atom is -0.348 e. The molecule has 0 aliphatic rings. The average molecular weight is 1260 g/mol. The standard InChI is InChI=1S/2C36H36N8O3/c1-3-9-32-38-34-23(2)18-27(36(46)37-28(21-33(45)41-47)19-24-10-5-4-6-11-24)20-31(34)44(32)22-25-14-16-26(17-15-25)29-12-7-8-13-30(29)35-39-42-43-40-35;1-3-9-32-38-31-20-27(36(46)37-28(21-33(45)41-47)19-24-10-5-4-6-11-24)18-23(2)34(31)44(32)22-25-14-16-26(17-15-25)29-12-7-8-13-30(29)35-39-42-43-40-35/h2*4-8,10-18,20,28,47H,3,9,19,21-22H2,1-2H3,(H,37,46)(H,41,45)(H,39,40,42,43)/t2*28-/m11/s1. The van der Waals surface area contributed by atoms with Crippen LogP contribution in [-0.2, 0) is 48.4 Å². The molecule has 0 saturated carbocycles. The molecule has 0 fully saturated rings.